The fourth-order valence-corrected chi connectivity index (χ4v) is 4.37. The van der Waals surface area contributed by atoms with Crippen LogP contribution in [0.2, 0.25) is 0 Å². The Kier molecular flexibility index (Phi) is 5.59. The Morgan fingerprint density at radius 3 is 2.77 bits per heavy atom. The van der Waals surface area contributed by atoms with Crippen molar-refractivity contribution in [1.82, 2.24) is 20.2 Å². The maximum Gasteiger partial charge on any atom is 0.336 e. The summed E-state index contributed by atoms with van der Waals surface area (Å²) in [6.07, 6.45) is 0. The van der Waals surface area contributed by atoms with Crippen molar-refractivity contribution in [3.8, 4) is 11.4 Å². The Bertz CT molecular complexity index is 1260. The first-order chi connectivity index (χ1) is 14.5. The Labute approximate surface area is 178 Å². The van der Waals surface area contributed by atoms with Crippen molar-refractivity contribution in [2.45, 2.75) is 37.6 Å². The third kappa shape index (κ3) is 3.82. The van der Waals surface area contributed by atoms with Gasteiger partial charge in [0, 0.05) is 17.2 Å². The quantitative estimate of drug-likeness (QED) is 0.334. The predicted molar refractivity (Wildman–Crippen MR) is 117 cm³/mol. The zero-order chi connectivity index (χ0) is 21.3. The molecule has 2 heterocycles. The Hall–Kier alpha value is -3.13. The lowest BCUT2D eigenvalue weighted by molar-refractivity contribution is 0.410. The van der Waals surface area contributed by atoms with Crippen LogP contribution in [0.3, 0.4) is 0 Å². The second kappa shape index (κ2) is 8.31. The van der Waals surface area contributed by atoms with Gasteiger partial charge in [-0.1, -0.05) is 37.7 Å². The van der Waals surface area contributed by atoms with E-state index in [4.69, 9.17) is 9.15 Å². The molecular formula is C22H22N4O3S. The molecule has 4 rings (SSSR count). The van der Waals surface area contributed by atoms with Gasteiger partial charge in [0.1, 0.15) is 17.0 Å². The topological polar surface area (TPSA) is 83.0 Å². The first-order valence-electron chi connectivity index (χ1n) is 9.59. The highest BCUT2D eigenvalue weighted by Crippen LogP contribution is 2.31. The minimum Gasteiger partial charge on any atom is -0.494 e. The fourth-order valence-electron chi connectivity index (χ4n) is 3.50. The number of methoxy groups -OCH3 is 1. The molecule has 0 saturated carbocycles. The largest absolute Gasteiger partial charge is 0.494 e. The van der Waals surface area contributed by atoms with Crippen molar-refractivity contribution in [1.29, 1.82) is 0 Å². The van der Waals surface area contributed by atoms with Gasteiger partial charge in [0.05, 0.1) is 7.11 Å². The number of rotatable bonds is 6. The van der Waals surface area contributed by atoms with Gasteiger partial charge in [-0.3, -0.25) is 0 Å². The molecule has 0 amide bonds. The van der Waals surface area contributed by atoms with Gasteiger partial charge in [0.2, 0.25) is 5.16 Å². The standard InChI is InChI=1S/C22H22N4O3S/c1-13(2)16-11-17-15(10-21(27)29-20(17)9-14(16)3)12-30-22-23-24-25-26(22)18-7-5-6-8-19(18)28-4/h5-11,13H,12H2,1-4H3. The summed E-state index contributed by atoms with van der Waals surface area (Å²) in [5, 5.41) is 13.6. The molecule has 8 heteroatoms. The third-order valence-electron chi connectivity index (χ3n) is 4.95. The molecule has 0 radical (unpaired) electrons. The summed E-state index contributed by atoms with van der Waals surface area (Å²) in [4.78, 5) is 12.1. The number of aryl methyl sites for hydroxylation is 1. The lowest BCUT2D eigenvalue weighted by atomic mass is 9.95. The highest BCUT2D eigenvalue weighted by molar-refractivity contribution is 7.98. The van der Waals surface area contributed by atoms with Crippen LogP contribution in [-0.4, -0.2) is 27.3 Å². The average molecular weight is 423 g/mol. The van der Waals surface area contributed by atoms with E-state index in [0.29, 0.717) is 28.2 Å². The molecule has 0 unspecified atom stereocenters. The lowest BCUT2D eigenvalue weighted by Crippen LogP contribution is -2.04. The summed E-state index contributed by atoms with van der Waals surface area (Å²) in [7, 11) is 1.61. The summed E-state index contributed by atoms with van der Waals surface area (Å²) in [6, 6.07) is 13.2. The van der Waals surface area contributed by atoms with Crippen LogP contribution in [0.4, 0.5) is 0 Å². The molecule has 0 fully saturated rings. The Morgan fingerprint density at radius 2 is 2.00 bits per heavy atom. The van der Waals surface area contributed by atoms with Crippen LogP contribution in [0.15, 0.2) is 56.8 Å². The van der Waals surface area contributed by atoms with Gasteiger partial charge >= 0.3 is 5.63 Å². The van der Waals surface area contributed by atoms with E-state index < -0.39 is 0 Å². The van der Waals surface area contributed by atoms with E-state index in [-0.39, 0.29) is 5.63 Å². The lowest BCUT2D eigenvalue weighted by Gasteiger charge is -2.13. The number of para-hydroxylation sites is 2. The molecule has 4 aromatic rings. The zero-order valence-electron chi connectivity index (χ0n) is 17.2. The number of thioether (sulfide) groups is 1. The normalized spacial score (nSPS) is 11.4. The number of hydrogen-bond donors (Lipinski definition) is 0. The van der Waals surface area contributed by atoms with Gasteiger partial charge in [-0.2, -0.15) is 4.68 Å². The van der Waals surface area contributed by atoms with Crippen molar-refractivity contribution < 1.29 is 9.15 Å². The van der Waals surface area contributed by atoms with Gasteiger partial charge in [0.15, 0.2) is 0 Å². The fraction of sp³-hybridized carbons (Fsp3) is 0.273. The molecule has 0 aliphatic heterocycles. The number of nitrogens with zero attached hydrogens (tertiary/aromatic N) is 4. The van der Waals surface area contributed by atoms with Gasteiger partial charge in [-0.15, -0.1) is 5.10 Å². The Balaban J connectivity index is 1.71. The van der Waals surface area contributed by atoms with Gasteiger partial charge in [0.25, 0.3) is 0 Å². The number of fused-ring (bicyclic) bond motifs is 1. The number of tetrazole rings is 1. The van der Waals surface area contributed by atoms with Crippen molar-refractivity contribution in [2.24, 2.45) is 0 Å². The molecule has 154 valence electrons. The van der Waals surface area contributed by atoms with Gasteiger partial charge < -0.3 is 9.15 Å². The van der Waals surface area contributed by atoms with Crippen LogP contribution in [0, 0.1) is 6.92 Å². The molecule has 0 atom stereocenters. The molecule has 0 aliphatic rings. The first kappa shape index (κ1) is 20.2. The van der Waals surface area contributed by atoms with Crippen LogP contribution in [0.5, 0.6) is 5.75 Å². The molecule has 7 nitrogen and oxygen atoms in total. The molecule has 2 aromatic carbocycles. The van der Waals surface area contributed by atoms with Crippen molar-refractivity contribution in [3.63, 3.8) is 0 Å². The molecule has 0 bridgehead atoms. The SMILES string of the molecule is COc1ccccc1-n1nnnc1SCc1cc(=O)oc2cc(C)c(C(C)C)cc12. The highest BCUT2D eigenvalue weighted by Gasteiger charge is 2.16. The summed E-state index contributed by atoms with van der Waals surface area (Å²) in [6.45, 7) is 6.35. The molecule has 0 saturated heterocycles. The van der Waals surface area contributed by atoms with E-state index in [1.54, 1.807) is 17.9 Å². The summed E-state index contributed by atoms with van der Waals surface area (Å²) < 4.78 is 12.5. The van der Waals surface area contributed by atoms with E-state index in [1.807, 2.05) is 37.3 Å². The average Bonchev–Trinajstić information content (AvgIpc) is 3.19. The second-order valence-corrected chi connectivity index (χ2v) is 8.23. The molecule has 0 aliphatic carbocycles. The molecular weight excluding hydrogens is 400 g/mol. The minimum atomic E-state index is -0.362. The predicted octanol–water partition coefficient (Wildman–Crippen LogP) is 4.50. The molecule has 30 heavy (non-hydrogen) atoms. The number of aromatic nitrogens is 4. The zero-order valence-corrected chi connectivity index (χ0v) is 18.1. The van der Waals surface area contributed by atoms with Crippen LogP contribution in [0.1, 0.15) is 36.5 Å². The van der Waals surface area contributed by atoms with Crippen LogP contribution < -0.4 is 10.4 Å². The number of benzene rings is 2. The van der Waals surface area contributed by atoms with Crippen LogP contribution in [0.25, 0.3) is 16.7 Å². The monoisotopic (exact) mass is 422 g/mol. The molecule has 2 aromatic heterocycles. The Morgan fingerprint density at radius 1 is 1.20 bits per heavy atom. The molecule has 0 N–H and O–H groups in total. The summed E-state index contributed by atoms with van der Waals surface area (Å²) in [5.41, 5.74) is 4.24. The van der Waals surface area contributed by atoms with Crippen molar-refractivity contribution in [3.05, 3.63) is 69.6 Å². The van der Waals surface area contributed by atoms with E-state index in [0.717, 1.165) is 22.2 Å². The van der Waals surface area contributed by atoms with Gasteiger partial charge in [-0.05, 0) is 64.2 Å². The van der Waals surface area contributed by atoms with Crippen molar-refractivity contribution >= 4 is 22.7 Å². The summed E-state index contributed by atoms with van der Waals surface area (Å²) in [5.74, 6) is 1.58. The minimum absolute atomic E-state index is 0.362. The maximum atomic E-state index is 12.1. The second-order valence-electron chi connectivity index (χ2n) is 7.28. The van der Waals surface area contributed by atoms with Crippen molar-refractivity contribution in [2.75, 3.05) is 7.11 Å². The number of ether oxygens (including phenoxy) is 1. The van der Waals surface area contributed by atoms with Gasteiger partial charge in [-0.25, -0.2) is 4.79 Å². The van der Waals surface area contributed by atoms with E-state index in [2.05, 4.69) is 35.4 Å². The highest BCUT2D eigenvalue weighted by atomic mass is 32.2. The third-order valence-corrected chi connectivity index (χ3v) is 5.92. The molecule has 0 spiro atoms. The maximum absolute atomic E-state index is 12.1. The van der Waals surface area contributed by atoms with Crippen LogP contribution in [-0.2, 0) is 5.75 Å². The number of hydrogen-bond acceptors (Lipinski definition) is 7. The first-order valence-corrected chi connectivity index (χ1v) is 10.6. The van der Waals surface area contributed by atoms with E-state index >= 15 is 0 Å². The summed E-state index contributed by atoms with van der Waals surface area (Å²) >= 11 is 1.45. The van der Waals surface area contributed by atoms with E-state index in [9.17, 15) is 4.79 Å². The van der Waals surface area contributed by atoms with E-state index in [1.165, 1.54) is 17.3 Å². The van der Waals surface area contributed by atoms with Crippen LogP contribution >= 0.6 is 11.8 Å². The smallest absolute Gasteiger partial charge is 0.336 e.